The molecule has 4 rings (SSSR count). The average molecular weight is 505 g/mol. The Morgan fingerprint density at radius 1 is 1.11 bits per heavy atom. The first-order valence-corrected chi connectivity index (χ1v) is 12.8. The Hall–Kier alpha value is -3.81. The predicted octanol–water partition coefficient (Wildman–Crippen LogP) is 4.90. The highest BCUT2D eigenvalue weighted by Gasteiger charge is 2.34. The van der Waals surface area contributed by atoms with E-state index in [0.717, 1.165) is 36.0 Å². The normalized spacial score (nSPS) is 17.5. The molecule has 1 atom stereocenters. The highest BCUT2D eigenvalue weighted by atomic mass is 16.5. The van der Waals surface area contributed by atoms with Crippen LogP contribution >= 0.6 is 0 Å². The molecule has 0 bridgehead atoms. The molecule has 2 aliphatic heterocycles. The van der Waals surface area contributed by atoms with Crippen molar-refractivity contribution >= 4 is 34.8 Å². The molecular formula is C29H36N4O4. The first kappa shape index (κ1) is 26.3. The molecule has 2 aromatic carbocycles. The minimum atomic E-state index is -0.695. The highest BCUT2D eigenvalue weighted by molar-refractivity contribution is 6.04. The number of carbonyl (C=O) groups is 3. The number of rotatable bonds is 6. The van der Waals surface area contributed by atoms with Crippen molar-refractivity contribution in [3.63, 3.8) is 0 Å². The van der Waals surface area contributed by atoms with Gasteiger partial charge in [0, 0.05) is 18.8 Å². The van der Waals surface area contributed by atoms with Crippen LogP contribution in [0, 0.1) is 0 Å². The number of hydrogen-bond donors (Lipinski definition) is 2. The second-order valence-electron chi connectivity index (χ2n) is 10.4. The summed E-state index contributed by atoms with van der Waals surface area (Å²) in [5, 5.41) is 5.88. The molecule has 0 radical (unpaired) electrons. The molecule has 2 aromatic rings. The van der Waals surface area contributed by atoms with Gasteiger partial charge in [0.1, 0.15) is 12.3 Å². The standard InChI is InChI=1S/C29H36N4O4/c1-19(2)21-10-9-11-22(16-21)29(4,5)31-28(36)30-23-12-13-25-24(17-23)33(27(35)20(3)37-25)18-26(34)32-14-7-6-8-15-32/h9-13,16-17,20H,1,6-8,14-15,18H2,2-5H3,(H2,30,31,36). The maximum Gasteiger partial charge on any atom is 0.319 e. The number of carbonyl (C=O) groups excluding carboxylic acids is 3. The molecule has 196 valence electrons. The van der Waals surface area contributed by atoms with Gasteiger partial charge < -0.3 is 20.3 Å². The quantitative estimate of drug-likeness (QED) is 0.585. The van der Waals surface area contributed by atoms with Gasteiger partial charge in [0.25, 0.3) is 5.91 Å². The van der Waals surface area contributed by atoms with E-state index in [0.29, 0.717) is 30.2 Å². The summed E-state index contributed by atoms with van der Waals surface area (Å²) >= 11 is 0. The zero-order valence-corrected chi connectivity index (χ0v) is 22.1. The summed E-state index contributed by atoms with van der Waals surface area (Å²) in [5.74, 6) is 0.141. The van der Waals surface area contributed by atoms with Gasteiger partial charge in [-0.05, 0) is 82.3 Å². The molecule has 0 aliphatic carbocycles. The van der Waals surface area contributed by atoms with E-state index in [2.05, 4.69) is 17.2 Å². The Bertz CT molecular complexity index is 1220. The smallest absolute Gasteiger partial charge is 0.319 e. The molecule has 37 heavy (non-hydrogen) atoms. The number of urea groups is 1. The molecule has 1 unspecified atom stereocenters. The second kappa shape index (κ2) is 10.7. The Kier molecular flexibility index (Phi) is 7.57. The van der Waals surface area contributed by atoms with Gasteiger partial charge in [0.15, 0.2) is 6.10 Å². The van der Waals surface area contributed by atoms with Crippen molar-refractivity contribution in [2.24, 2.45) is 0 Å². The molecule has 0 aromatic heterocycles. The molecule has 8 heteroatoms. The van der Waals surface area contributed by atoms with Crippen LogP contribution in [0.1, 0.15) is 58.1 Å². The van der Waals surface area contributed by atoms with Crippen molar-refractivity contribution in [2.75, 3.05) is 29.9 Å². The van der Waals surface area contributed by atoms with Crippen LogP contribution in [-0.4, -0.2) is 48.5 Å². The maximum absolute atomic E-state index is 13.0. The monoisotopic (exact) mass is 504 g/mol. The molecule has 1 saturated heterocycles. The summed E-state index contributed by atoms with van der Waals surface area (Å²) in [6.45, 7) is 12.9. The van der Waals surface area contributed by atoms with Crippen LogP contribution in [0.4, 0.5) is 16.2 Å². The lowest BCUT2D eigenvalue weighted by Gasteiger charge is -2.35. The summed E-state index contributed by atoms with van der Waals surface area (Å²) in [6, 6.07) is 12.6. The van der Waals surface area contributed by atoms with Crippen molar-refractivity contribution in [1.29, 1.82) is 0 Å². The summed E-state index contributed by atoms with van der Waals surface area (Å²) in [7, 11) is 0. The minimum Gasteiger partial charge on any atom is -0.479 e. The molecule has 0 spiro atoms. The fourth-order valence-electron chi connectivity index (χ4n) is 4.72. The van der Waals surface area contributed by atoms with E-state index in [1.165, 1.54) is 4.90 Å². The lowest BCUT2D eigenvalue weighted by molar-refractivity contribution is -0.133. The molecule has 8 nitrogen and oxygen atoms in total. The van der Waals surface area contributed by atoms with Crippen LogP contribution in [0.25, 0.3) is 5.57 Å². The van der Waals surface area contributed by atoms with Crippen LogP contribution in [0.5, 0.6) is 5.75 Å². The number of allylic oxidation sites excluding steroid dienone is 1. The van der Waals surface area contributed by atoms with Gasteiger partial charge in [-0.25, -0.2) is 4.79 Å². The molecule has 4 amide bonds. The summed E-state index contributed by atoms with van der Waals surface area (Å²) in [5.41, 5.74) is 3.23. The van der Waals surface area contributed by atoms with Crippen LogP contribution in [-0.2, 0) is 15.1 Å². The summed E-state index contributed by atoms with van der Waals surface area (Å²) < 4.78 is 5.78. The number of amides is 4. The maximum atomic E-state index is 13.0. The van der Waals surface area contributed by atoms with Crippen LogP contribution in [0.2, 0.25) is 0 Å². The van der Waals surface area contributed by atoms with Gasteiger partial charge in [-0.3, -0.25) is 14.5 Å². The first-order valence-electron chi connectivity index (χ1n) is 12.8. The Balaban J connectivity index is 1.50. The van der Waals surface area contributed by atoms with Gasteiger partial charge in [-0.1, -0.05) is 30.4 Å². The van der Waals surface area contributed by atoms with E-state index in [1.54, 1.807) is 25.1 Å². The zero-order valence-electron chi connectivity index (χ0n) is 22.1. The van der Waals surface area contributed by atoms with Gasteiger partial charge in [-0.15, -0.1) is 0 Å². The molecule has 2 N–H and O–H groups in total. The average Bonchev–Trinajstić information content (AvgIpc) is 2.87. The third kappa shape index (κ3) is 5.96. The van der Waals surface area contributed by atoms with Gasteiger partial charge in [-0.2, -0.15) is 0 Å². The fourth-order valence-corrected chi connectivity index (χ4v) is 4.72. The Morgan fingerprint density at radius 3 is 2.54 bits per heavy atom. The number of nitrogens with one attached hydrogen (secondary N) is 2. The number of fused-ring (bicyclic) bond motifs is 1. The van der Waals surface area contributed by atoms with Gasteiger partial charge in [0.2, 0.25) is 5.91 Å². The van der Waals surface area contributed by atoms with Gasteiger partial charge >= 0.3 is 6.03 Å². The largest absolute Gasteiger partial charge is 0.479 e. The lowest BCUT2D eigenvalue weighted by Crippen LogP contribution is -2.50. The van der Waals surface area contributed by atoms with Crippen molar-refractivity contribution in [2.45, 2.75) is 58.6 Å². The van der Waals surface area contributed by atoms with Gasteiger partial charge in [0.05, 0.1) is 11.2 Å². The molecular weight excluding hydrogens is 468 g/mol. The van der Waals surface area contributed by atoms with E-state index in [-0.39, 0.29) is 18.4 Å². The van der Waals surface area contributed by atoms with Crippen LogP contribution in [0.3, 0.4) is 0 Å². The second-order valence-corrected chi connectivity index (χ2v) is 10.4. The van der Waals surface area contributed by atoms with Crippen molar-refractivity contribution in [1.82, 2.24) is 10.2 Å². The van der Waals surface area contributed by atoms with E-state index in [9.17, 15) is 14.4 Å². The molecule has 0 saturated carbocycles. The van der Waals surface area contributed by atoms with E-state index >= 15 is 0 Å². The minimum absolute atomic E-state index is 0.0543. The number of piperidine rings is 1. The van der Waals surface area contributed by atoms with Crippen molar-refractivity contribution < 1.29 is 19.1 Å². The van der Waals surface area contributed by atoms with Crippen LogP contribution in [0.15, 0.2) is 49.0 Å². The highest BCUT2D eigenvalue weighted by Crippen LogP contribution is 2.36. The van der Waals surface area contributed by atoms with E-state index < -0.39 is 17.7 Å². The predicted molar refractivity (Wildman–Crippen MR) is 146 cm³/mol. The summed E-state index contributed by atoms with van der Waals surface area (Å²) in [6.07, 6.45) is 2.38. The number of ether oxygens (including phenoxy) is 1. The first-order chi connectivity index (χ1) is 17.5. The van der Waals surface area contributed by atoms with Crippen molar-refractivity contribution in [3.05, 3.63) is 60.2 Å². The van der Waals surface area contributed by atoms with Crippen LogP contribution < -0.4 is 20.3 Å². The fraction of sp³-hybridized carbons (Fsp3) is 0.414. The third-order valence-electron chi connectivity index (χ3n) is 6.93. The number of nitrogens with zero attached hydrogens (tertiary/aromatic N) is 2. The van der Waals surface area contributed by atoms with E-state index in [1.807, 2.05) is 49.9 Å². The SMILES string of the molecule is C=C(C)c1cccc(C(C)(C)NC(=O)Nc2ccc3c(c2)N(CC(=O)N2CCCCC2)C(=O)C(C)O3)c1. The number of likely N-dealkylation sites (tertiary alicyclic amines) is 1. The number of benzene rings is 2. The Labute approximate surface area is 218 Å². The topological polar surface area (TPSA) is 91.0 Å². The zero-order chi connectivity index (χ0) is 26.7. The van der Waals surface area contributed by atoms with E-state index in [4.69, 9.17) is 4.74 Å². The molecule has 2 heterocycles. The molecule has 1 fully saturated rings. The Morgan fingerprint density at radius 2 is 1.84 bits per heavy atom. The van der Waals surface area contributed by atoms with Crippen molar-refractivity contribution in [3.8, 4) is 5.75 Å². The lowest BCUT2D eigenvalue weighted by atomic mass is 9.92. The third-order valence-corrected chi connectivity index (χ3v) is 6.93. The number of hydrogen-bond acceptors (Lipinski definition) is 4. The number of anilines is 2. The molecule has 2 aliphatic rings. The summed E-state index contributed by atoms with van der Waals surface area (Å²) in [4.78, 5) is 42.2.